The predicted octanol–water partition coefficient (Wildman–Crippen LogP) is 3.79. The minimum absolute atomic E-state index is 0.0339. The smallest absolute Gasteiger partial charge is 0.259 e. The predicted molar refractivity (Wildman–Crippen MR) is 113 cm³/mol. The van der Waals surface area contributed by atoms with Crippen LogP contribution in [0.15, 0.2) is 60.8 Å². The molecule has 0 unspecified atom stereocenters. The molecule has 1 aliphatic rings. The summed E-state index contributed by atoms with van der Waals surface area (Å²) in [6, 6.07) is 16.9. The Kier molecular flexibility index (Phi) is 5.53. The van der Waals surface area contributed by atoms with Gasteiger partial charge in [-0.25, -0.2) is 4.68 Å². The van der Waals surface area contributed by atoms with Crippen molar-refractivity contribution in [2.75, 3.05) is 18.4 Å². The number of aromatic nitrogens is 2. The van der Waals surface area contributed by atoms with Crippen LogP contribution in [0.2, 0.25) is 0 Å². The maximum absolute atomic E-state index is 13.1. The number of para-hydroxylation sites is 1. The van der Waals surface area contributed by atoms with Crippen molar-refractivity contribution in [3.8, 4) is 5.69 Å². The molecule has 1 aliphatic heterocycles. The SMILES string of the molecule is CC(=O)c1cccc(NC(=O)c2cnn(-c3ccccc3)c2C2CCNCC2)c1. The highest BCUT2D eigenvalue weighted by Gasteiger charge is 2.27. The highest BCUT2D eigenvalue weighted by Crippen LogP contribution is 2.30. The molecule has 2 N–H and O–H groups in total. The van der Waals surface area contributed by atoms with Gasteiger partial charge >= 0.3 is 0 Å². The third-order valence-corrected chi connectivity index (χ3v) is 5.30. The Labute approximate surface area is 169 Å². The van der Waals surface area contributed by atoms with E-state index in [-0.39, 0.29) is 17.6 Å². The van der Waals surface area contributed by atoms with Crippen molar-refractivity contribution in [1.82, 2.24) is 15.1 Å². The van der Waals surface area contributed by atoms with E-state index in [1.807, 2.05) is 35.0 Å². The summed E-state index contributed by atoms with van der Waals surface area (Å²) >= 11 is 0. The molecule has 6 heteroatoms. The molecule has 6 nitrogen and oxygen atoms in total. The molecule has 0 saturated carbocycles. The van der Waals surface area contributed by atoms with E-state index in [9.17, 15) is 9.59 Å². The van der Waals surface area contributed by atoms with Crippen molar-refractivity contribution in [1.29, 1.82) is 0 Å². The lowest BCUT2D eigenvalue weighted by Gasteiger charge is -2.24. The summed E-state index contributed by atoms with van der Waals surface area (Å²) in [6.45, 7) is 3.36. The van der Waals surface area contributed by atoms with Gasteiger partial charge in [0, 0.05) is 17.2 Å². The molecule has 3 aromatic rings. The van der Waals surface area contributed by atoms with Crippen LogP contribution in [0.25, 0.3) is 5.69 Å². The first kappa shape index (κ1) is 19.1. The van der Waals surface area contributed by atoms with E-state index >= 15 is 0 Å². The van der Waals surface area contributed by atoms with Crippen LogP contribution in [-0.4, -0.2) is 34.6 Å². The number of benzene rings is 2. The van der Waals surface area contributed by atoms with Crippen LogP contribution >= 0.6 is 0 Å². The van der Waals surface area contributed by atoms with Gasteiger partial charge in [0.25, 0.3) is 5.91 Å². The highest BCUT2D eigenvalue weighted by molar-refractivity contribution is 6.06. The largest absolute Gasteiger partial charge is 0.322 e. The van der Waals surface area contributed by atoms with Gasteiger partial charge in [0.15, 0.2) is 5.78 Å². The van der Waals surface area contributed by atoms with Gasteiger partial charge in [-0.15, -0.1) is 0 Å². The average Bonchev–Trinajstić information content (AvgIpc) is 3.20. The molecule has 29 heavy (non-hydrogen) atoms. The van der Waals surface area contributed by atoms with Gasteiger partial charge in [-0.3, -0.25) is 9.59 Å². The average molecular weight is 388 g/mol. The number of hydrogen-bond donors (Lipinski definition) is 2. The number of hydrogen-bond acceptors (Lipinski definition) is 4. The van der Waals surface area contributed by atoms with E-state index in [4.69, 9.17) is 0 Å². The monoisotopic (exact) mass is 388 g/mol. The van der Waals surface area contributed by atoms with Crippen LogP contribution in [0.5, 0.6) is 0 Å². The summed E-state index contributed by atoms with van der Waals surface area (Å²) in [4.78, 5) is 24.8. The molecule has 4 rings (SSSR count). The standard InChI is InChI=1S/C23H24N4O2/c1-16(28)18-6-5-7-19(14-18)26-23(29)21-15-25-27(20-8-3-2-4-9-20)22(21)17-10-12-24-13-11-17/h2-9,14-15,17,24H,10-13H2,1H3,(H,26,29). The summed E-state index contributed by atoms with van der Waals surface area (Å²) < 4.78 is 1.89. The van der Waals surface area contributed by atoms with E-state index < -0.39 is 0 Å². The maximum Gasteiger partial charge on any atom is 0.259 e. The molecular formula is C23H24N4O2. The summed E-state index contributed by atoms with van der Waals surface area (Å²) in [5.74, 6) is 0.0121. The molecule has 2 heterocycles. The number of rotatable bonds is 5. The van der Waals surface area contributed by atoms with E-state index in [0.717, 1.165) is 37.3 Å². The van der Waals surface area contributed by atoms with Crippen molar-refractivity contribution in [2.45, 2.75) is 25.7 Å². The molecule has 0 radical (unpaired) electrons. The lowest BCUT2D eigenvalue weighted by molar-refractivity contribution is 0.101. The van der Waals surface area contributed by atoms with Crippen molar-refractivity contribution in [3.05, 3.63) is 77.6 Å². The van der Waals surface area contributed by atoms with Crippen molar-refractivity contribution in [2.24, 2.45) is 0 Å². The zero-order chi connectivity index (χ0) is 20.2. The summed E-state index contributed by atoms with van der Waals surface area (Å²) in [7, 11) is 0. The topological polar surface area (TPSA) is 76.0 Å². The normalized spacial score (nSPS) is 14.5. The third-order valence-electron chi connectivity index (χ3n) is 5.30. The van der Waals surface area contributed by atoms with Crippen molar-refractivity contribution in [3.63, 3.8) is 0 Å². The highest BCUT2D eigenvalue weighted by atomic mass is 16.1. The molecule has 2 aromatic carbocycles. The number of carbonyl (C=O) groups is 2. The lowest BCUT2D eigenvalue weighted by Crippen LogP contribution is -2.29. The fraction of sp³-hybridized carbons (Fsp3) is 0.261. The number of amides is 1. The summed E-state index contributed by atoms with van der Waals surface area (Å²) in [5.41, 5.74) is 3.64. The Bertz CT molecular complexity index is 1020. The summed E-state index contributed by atoms with van der Waals surface area (Å²) in [5, 5.41) is 10.9. The number of nitrogens with zero attached hydrogens (tertiary/aromatic N) is 2. The van der Waals surface area contributed by atoms with Gasteiger partial charge < -0.3 is 10.6 Å². The number of nitrogens with one attached hydrogen (secondary N) is 2. The first-order valence-corrected chi connectivity index (χ1v) is 9.90. The minimum atomic E-state index is -0.207. The van der Waals surface area contributed by atoms with Gasteiger partial charge in [0.2, 0.25) is 0 Å². The molecule has 1 amide bonds. The van der Waals surface area contributed by atoms with Crippen molar-refractivity contribution < 1.29 is 9.59 Å². The van der Waals surface area contributed by atoms with E-state index in [1.165, 1.54) is 6.92 Å². The Balaban J connectivity index is 1.69. The molecule has 1 saturated heterocycles. The van der Waals surface area contributed by atoms with E-state index in [0.29, 0.717) is 16.8 Å². The Morgan fingerprint density at radius 2 is 1.83 bits per heavy atom. The molecule has 148 valence electrons. The Morgan fingerprint density at radius 1 is 1.07 bits per heavy atom. The van der Waals surface area contributed by atoms with E-state index in [2.05, 4.69) is 15.7 Å². The van der Waals surface area contributed by atoms with Crippen LogP contribution in [0, 0.1) is 0 Å². The zero-order valence-corrected chi connectivity index (χ0v) is 16.4. The number of piperidine rings is 1. The second-order valence-corrected chi connectivity index (χ2v) is 7.31. The Morgan fingerprint density at radius 3 is 2.55 bits per heavy atom. The van der Waals surface area contributed by atoms with Gasteiger partial charge in [-0.05, 0) is 57.1 Å². The minimum Gasteiger partial charge on any atom is -0.322 e. The zero-order valence-electron chi connectivity index (χ0n) is 16.4. The van der Waals surface area contributed by atoms with Crippen LogP contribution in [0.1, 0.15) is 52.1 Å². The van der Waals surface area contributed by atoms with Crippen LogP contribution < -0.4 is 10.6 Å². The molecule has 0 atom stereocenters. The maximum atomic E-state index is 13.1. The fourth-order valence-electron chi connectivity index (χ4n) is 3.81. The fourth-order valence-corrected chi connectivity index (χ4v) is 3.81. The van der Waals surface area contributed by atoms with Gasteiger partial charge in [0.1, 0.15) is 0 Å². The van der Waals surface area contributed by atoms with Gasteiger partial charge in [-0.1, -0.05) is 30.3 Å². The van der Waals surface area contributed by atoms with Gasteiger partial charge in [0.05, 0.1) is 23.1 Å². The van der Waals surface area contributed by atoms with Crippen LogP contribution in [0.4, 0.5) is 5.69 Å². The summed E-state index contributed by atoms with van der Waals surface area (Å²) in [6.07, 6.45) is 3.56. The molecule has 0 spiro atoms. The molecule has 1 fully saturated rings. The van der Waals surface area contributed by atoms with Gasteiger partial charge in [-0.2, -0.15) is 5.10 Å². The Hall–Kier alpha value is -3.25. The molecule has 0 bridgehead atoms. The molecule has 1 aromatic heterocycles. The second kappa shape index (κ2) is 8.41. The first-order valence-electron chi connectivity index (χ1n) is 9.90. The number of ketones is 1. The van der Waals surface area contributed by atoms with Crippen molar-refractivity contribution >= 4 is 17.4 Å². The second-order valence-electron chi connectivity index (χ2n) is 7.31. The van der Waals surface area contributed by atoms with Crippen LogP contribution in [0.3, 0.4) is 0 Å². The lowest BCUT2D eigenvalue weighted by atomic mass is 9.91. The molecular weight excluding hydrogens is 364 g/mol. The third kappa shape index (κ3) is 4.12. The number of anilines is 1. The number of Topliss-reactive ketones (excluding diaryl/α,β-unsaturated/α-hetero) is 1. The molecule has 0 aliphatic carbocycles. The van der Waals surface area contributed by atoms with E-state index in [1.54, 1.807) is 30.5 Å². The first-order chi connectivity index (χ1) is 14.1. The van der Waals surface area contributed by atoms with Crippen LogP contribution in [-0.2, 0) is 0 Å². The quantitative estimate of drug-likeness (QED) is 0.652. The number of carbonyl (C=O) groups excluding carboxylic acids is 2.